The summed E-state index contributed by atoms with van der Waals surface area (Å²) < 4.78 is 2.23. The molecule has 0 bridgehead atoms. The molecule has 0 fully saturated rings. The lowest BCUT2D eigenvalue weighted by Gasteiger charge is -2.10. The van der Waals surface area contributed by atoms with Crippen LogP contribution in [0.3, 0.4) is 0 Å². The second kappa shape index (κ2) is 5.27. The number of anilines is 3. The normalized spacial score (nSPS) is 10.3. The van der Waals surface area contributed by atoms with Gasteiger partial charge >= 0.3 is 0 Å². The molecule has 0 saturated heterocycles. The zero-order chi connectivity index (χ0) is 12.4. The minimum absolute atomic E-state index is 0.806. The number of nitrogens with two attached hydrogens (primary N) is 1. The first-order valence-corrected chi connectivity index (χ1v) is 7.01. The van der Waals surface area contributed by atoms with Gasteiger partial charge in [0.05, 0.1) is 5.69 Å². The number of hydrogen-bond acceptors (Lipinski definition) is 2. The summed E-state index contributed by atoms with van der Waals surface area (Å²) in [7, 11) is 0. The average Bonchev–Trinajstić information content (AvgIpc) is 2.29. The van der Waals surface area contributed by atoms with E-state index in [2.05, 4.69) is 56.0 Å². The lowest BCUT2D eigenvalue weighted by molar-refractivity contribution is 1.44. The van der Waals surface area contributed by atoms with Gasteiger partial charge in [-0.05, 0) is 65.4 Å². The Labute approximate surface area is 123 Å². The van der Waals surface area contributed by atoms with E-state index in [1.165, 1.54) is 3.57 Å². The maximum Gasteiger partial charge on any atom is 0.0531 e. The Kier molecular flexibility index (Phi) is 3.93. The van der Waals surface area contributed by atoms with Crippen molar-refractivity contribution in [3.05, 3.63) is 50.0 Å². The third kappa shape index (κ3) is 3.13. The summed E-state index contributed by atoms with van der Waals surface area (Å²) in [4.78, 5) is 0. The summed E-state index contributed by atoms with van der Waals surface area (Å²) in [5.41, 5.74) is 9.87. The van der Waals surface area contributed by atoms with E-state index in [0.29, 0.717) is 0 Å². The standard InChI is InChI=1S/C13H12BrIN2/c1-8-2-4-10(7-12(8)16)17-13-6-9(14)3-5-11(13)15/h2-7,17H,16H2,1H3. The quantitative estimate of drug-likeness (QED) is 0.565. The van der Waals surface area contributed by atoms with Gasteiger partial charge in [0.25, 0.3) is 0 Å². The minimum Gasteiger partial charge on any atom is -0.398 e. The number of benzene rings is 2. The van der Waals surface area contributed by atoms with Crippen molar-refractivity contribution in [2.75, 3.05) is 11.1 Å². The SMILES string of the molecule is Cc1ccc(Nc2cc(Br)ccc2I)cc1N. The van der Waals surface area contributed by atoms with Crippen molar-refractivity contribution in [1.29, 1.82) is 0 Å². The second-order valence-electron chi connectivity index (χ2n) is 3.82. The van der Waals surface area contributed by atoms with E-state index in [9.17, 15) is 0 Å². The molecule has 0 atom stereocenters. The summed E-state index contributed by atoms with van der Waals surface area (Å²) in [5.74, 6) is 0. The van der Waals surface area contributed by atoms with Crippen LogP contribution in [0.2, 0.25) is 0 Å². The highest BCUT2D eigenvalue weighted by molar-refractivity contribution is 14.1. The summed E-state index contributed by atoms with van der Waals surface area (Å²) >= 11 is 5.77. The highest BCUT2D eigenvalue weighted by Gasteiger charge is 2.02. The molecule has 0 spiro atoms. The van der Waals surface area contributed by atoms with Gasteiger partial charge in [0.15, 0.2) is 0 Å². The minimum atomic E-state index is 0.806. The van der Waals surface area contributed by atoms with Gasteiger partial charge in [-0.2, -0.15) is 0 Å². The van der Waals surface area contributed by atoms with Gasteiger partial charge in [-0.1, -0.05) is 22.0 Å². The molecule has 3 N–H and O–H groups in total. The smallest absolute Gasteiger partial charge is 0.0531 e. The molecule has 88 valence electrons. The van der Waals surface area contributed by atoms with E-state index in [-0.39, 0.29) is 0 Å². The fraction of sp³-hybridized carbons (Fsp3) is 0.0769. The van der Waals surface area contributed by atoms with E-state index in [1.807, 2.05) is 31.2 Å². The molecule has 0 aliphatic carbocycles. The number of nitrogen functional groups attached to an aromatic ring is 1. The Balaban J connectivity index is 2.31. The maximum absolute atomic E-state index is 5.89. The Morgan fingerprint density at radius 2 is 1.94 bits per heavy atom. The first-order chi connectivity index (χ1) is 8.06. The van der Waals surface area contributed by atoms with Crippen molar-refractivity contribution in [1.82, 2.24) is 0 Å². The van der Waals surface area contributed by atoms with Crippen LogP contribution in [0.5, 0.6) is 0 Å². The van der Waals surface area contributed by atoms with E-state index in [4.69, 9.17) is 5.73 Å². The molecular weight excluding hydrogens is 391 g/mol. The van der Waals surface area contributed by atoms with Crippen molar-refractivity contribution in [2.45, 2.75) is 6.92 Å². The van der Waals surface area contributed by atoms with Crippen LogP contribution in [0.15, 0.2) is 40.9 Å². The van der Waals surface area contributed by atoms with E-state index in [1.54, 1.807) is 0 Å². The van der Waals surface area contributed by atoms with Crippen molar-refractivity contribution in [2.24, 2.45) is 0 Å². The van der Waals surface area contributed by atoms with Gasteiger partial charge in [-0.25, -0.2) is 0 Å². The highest BCUT2D eigenvalue weighted by Crippen LogP contribution is 2.27. The molecular formula is C13H12BrIN2. The van der Waals surface area contributed by atoms with Gasteiger partial charge in [0.2, 0.25) is 0 Å². The van der Waals surface area contributed by atoms with E-state index >= 15 is 0 Å². The van der Waals surface area contributed by atoms with Crippen molar-refractivity contribution in [3.63, 3.8) is 0 Å². The molecule has 0 amide bonds. The Bertz CT molecular complexity index is 555. The average molecular weight is 403 g/mol. The molecule has 0 unspecified atom stereocenters. The van der Waals surface area contributed by atoms with Crippen LogP contribution in [0, 0.1) is 10.5 Å². The lowest BCUT2D eigenvalue weighted by atomic mass is 10.2. The molecule has 17 heavy (non-hydrogen) atoms. The van der Waals surface area contributed by atoms with Gasteiger partial charge in [0.1, 0.15) is 0 Å². The Morgan fingerprint density at radius 3 is 2.65 bits per heavy atom. The molecule has 0 aliphatic heterocycles. The monoisotopic (exact) mass is 402 g/mol. The van der Waals surface area contributed by atoms with E-state index < -0.39 is 0 Å². The summed E-state index contributed by atoms with van der Waals surface area (Å²) in [6.45, 7) is 2.00. The molecule has 2 aromatic carbocycles. The highest BCUT2D eigenvalue weighted by atomic mass is 127. The Morgan fingerprint density at radius 1 is 1.18 bits per heavy atom. The summed E-state index contributed by atoms with van der Waals surface area (Å²) in [6.07, 6.45) is 0. The molecule has 0 aliphatic rings. The van der Waals surface area contributed by atoms with Crippen molar-refractivity contribution >= 4 is 55.6 Å². The van der Waals surface area contributed by atoms with Gasteiger partial charge in [0, 0.05) is 19.4 Å². The topological polar surface area (TPSA) is 38.0 Å². The molecule has 2 aromatic rings. The zero-order valence-electron chi connectivity index (χ0n) is 9.30. The summed E-state index contributed by atoms with van der Waals surface area (Å²) in [5, 5.41) is 3.36. The van der Waals surface area contributed by atoms with Gasteiger partial charge < -0.3 is 11.1 Å². The van der Waals surface area contributed by atoms with Crippen LogP contribution in [0.1, 0.15) is 5.56 Å². The second-order valence-corrected chi connectivity index (χ2v) is 5.90. The van der Waals surface area contributed by atoms with Gasteiger partial charge in [-0.15, -0.1) is 0 Å². The van der Waals surface area contributed by atoms with Crippen LogP contribution in [-0.4, -0.2) is 0 Å². The van der Waals surface area contributed by atoms with Crippen LogP contribution < -0.4 is 11.1 Å². The fourth-order valence-corrected chi connectivity index (χ4v) is 2.30. The maximum atomic E-state index is 5.89. The van der Waals surface area contributed by atoms with Crippen molar-refractivity contribution in [3.8, 4) is 0 Å². The number of hydrogen-bond donors (Lipinski definition) is 2. The van der Waals surface area contributed by atoms with E-state index in [0.717, 1.165) is 27.1 Å². The molecule has 0 aromatic heterocycles. The molecule has 0 radical (unpaired) electrons. The molecule has 2 rings (SSSR count). The number of aryl methyl sites for hydroxylation is 1. The molecule has 0 heterocycles. The van der Waals surface area contributed by atoms with Crippen LogP contribution in [0.4, 0.5) is 17.1 Å². The molecule has 4 heteroatoms. The number of rotatable bonds is 2. The first-order valence-electron chi connectivity index (χ1n) is 5.14. The molecule has 0 saturated carbocycles. The van der Waals surface area contributed by atoms with Gasteiger partial charge in [-0.3, -0.25) is 0 Å². The Hall–Kier alpha value is -0.750. The zero-order valence-corrected chi connectivity index (χ0v) is 13.0. The predicted octanol–water partition coefficient (Wildman–Crippen LogP) is 4.69. The van der Waals surface area contributed by atoms with Crippen LogP contribution in [-0.2, 0) is 0 Å². The third-order valence-corrected chi connectivity index (χ3v) is 3.92. The first kappa shape index (κ1) is 12.7. The van der Waals surface area contributed by atoms with Crippen molar-refractivity contribution < 1.29 is 0 Å². The van der Waals surface area contributed by atoms with Crippen LogP contribution >= 0.6 is 38.5 Å². The lowest BCUT2D eigenvalue weighted by Crippen LogP contribution is -1.96. The fourth-order valence-electron chi connectivity index (χ4n) is 1.47. The third-order valence-electron chi connectivity index (χ3n) is 2.49. The number of halogens is 2. The summed E-state index contributed by atoms with van der Waals surface area (Å²) in [6, 6.07) is 12.1. The molecule has 2 nitrogen and oxygen atoms in total. The van der Waals surface area contributed by atoms with Crippen LogP contribution in [0.25, 0.3) is 0 Å². The number of nitrogens with one attached hydrogen (secondary N) is 1. The largest absolute Gasteiger partial charge is 0.398 e. The predicted molar refractivity (Wildman–Crippen MR) is 85.7 cm³/mol.